The molecule has 2 aromatic heterocycles. The standard InChI is InChI=1S/C22H19F2N5O2S/c1-12-15(20(31)29-22(25-12)32-21(23)24)10-11-18(30)26-14-8-6-13(7-9-14)19-27-16-4-2-3-5-17(16)28-19/h2-9,21H,10-11H2,1H3,(H,26,30)(H,27,28)(H,25,29,31). The van der Waals surface area contributed by atoms with Crippen LogP contribution < -0.4 is 10.9 Å². The third-order valence-electron chi connectivity index (χ3n) is 4.83. The highest BCUT2D eigenvalue weighted by Gasteiger charge is 2.14. The number of anilines is 1. The maximum absolute atomic E-state index is 12.5. The molecule has 4 aromatic rings. The van der Waals surface area contributed by atoms with E-state index in [0.29, 0.717) is 16.9 Å². The number of rotatable bonds is 7. The van der Waals surface area contributed by atoms with E-state index < -0.39 is 11.3 Å². The fourth-order valence-electron chi connectivity index (χ4n) is 3.28. The van der Waals surface area contributed by atoms with Crippen molar-refractivity contribution in [1.29, 1.82) is 0 Å². The van der Waals surface area contributed by atoms with Gasteiger partial charge in [-0.25, -0.2) is 9.97 Å². The molecule has 3 N–H and O–H groups in total. The smallest absolute Gasteiger partial charge is 0.291 e. The number of imidazole rings is 1. The van der Waals surface area contributed by atoms with Crippen molar-refractivity contribution >= 4 is 34.4 Å². The zero-order chi connectivity index (χ0) is 22.7. The second-order valence-corrected chi connectivity index (χ2v) is 8.02. The maximum atomic E-state index is 12.5. The molecule has 0 saturated heterocycles. The molecule has 10 heteroatoms. The summed E-state index contributed by atoms with van der Waals surface area (Å²) in [5, 5.41) is 2.65. The number of aryl methyl sites for hydroxylation is 1. The van der Waals surface area contributed by atoms with Crippen LogP contribution in [0.5, 0.6) is 0 Å². The first kappa shape index (κ1) is 21.7. The number of nitrogens with zero attached hydrogens (tertiary/aromatic N) is 2. The van der Waals surface area contributed by atoms with E-state index in [1.807, 2.05) is 36.4 Å². The molecule has 2 heterocycles. The van der Waals surface area contributed by atoms with Crippen LogP contribution in [0.4, 0.5) is 14.5 Å². The van der Waals surface area contributed by atoms with Gasteiger partial charge in [0.2, 0.25) is 5.91 Å². The van der Waals surface area contributed by atoms with Crippen LogP contribution in [0, 0.1) is 6.92 Å². The number of carbonyl (C=O) groups excluding carboxylic acids is 1. The largest absolute Gasteiger partial charge is 0.338 e. The summed E-state index contributed by atoms with van der Waals surface area (Å²) >= 11 is 0.176. The molecule has 7 nitrogen and oxygen atoms in total. The van der Waals surface area contributed by atoms with Gasteiger partial charge in [-0.1, -0.05) is 12.1 Å². The Morgan fingerprint density at radius 3 is 2.53 bits per heavy atom. The number of amides is 1. The predicted molar refractivity (Wildman–Crippen MR) is 120 cm³/mol. The minimum absolute atomic E-state index is 0.0538. The number of alkyl halides is 2. The fraction of sp³-hybridized carbons (Fsp3) is 0.182. The maximum Gasteiger partial charge on any atom is 0.291 e. The van der Waals surface area contributed by atoms with Crippen molar-refractivity contribution in [2.45, 2.75) is 30.7 Å². The lowest BCUT2D eigenvalue weighted by Crippen LogP contribution is -2.20. The molecule has 0 atom stereocenters. The van der Waals surface area contributed by atoms with Crippen molar-refractivity contribution < 1.29 is 13.6 Å². The second-order valence-electron chi connectivity index (χ2n) is 7.04. The lowest BCUT2D eigenvalue weighted by Gasteiger charge is -2.08. The summed E-state index contributed by atoms with van der Waals surface area (Å²) in [7, 11) is 0. The number of carbonyl (C=O) groups is 1. The predicted octanol–water partition coefficient (Wildman–Crippen LogP) is 4.51. The van der Waals surface area contributed by atoms with E-state index in [1.165, 1.54) is 0 Å². The van der Waals surface area contributed by atoms with Crippen molar-refractivity contribution in [2.75, 3.05) is 5.32 Å². The van der Waals surface area contributed by atoms with E-state index >= 15 is 0 Å². The van der Waals surface area contributed by atoms with Crippen molar-refractivity contribution in [3.8, 4) is 11.4 Å². The highest BCUT2D eigenvalue weighted by molar-refractivity contribution is 7.99. The van der Waals surface area contributed by atoms with Gasteiger partial charge in [-0.3, -0.25) is 9.59 Å². The van der Waals surface area contributed by atoms with E-state index in [2.05, 4.69) is 25.3 Å². The number of fused-ring (bicyclic) bond motifs is 1. The van der Waals surface area contributed by atoms with Crippen LogP contribution in [0.1, 0.15) is 17.7 Å². The molecule has 0 unspecified atom stereocenters. The lowest BCUT2D eigenvalue weighted by atomic mass is 10.1. The van der Waals surface area contributed by atoms with Crippen LogP contribution in [0.2, 0.25) is 0 Å². The van der Waals surface area contributed by atoms with Gasteiger partial charge < -0.3 is 15.3 Å². The summed E-state index contributed by atoms with van der Waals surface area (Å²) in [5.74, 6) is -2.21. The minimum atomic E-state index is -2.67. The quantitative estimate of drug-likeness (QED) is 0.281. The van der Waals surface area contributed by atoms with Gasteiger partial charge in [0, 0.05) is 28.9 Å². The van der Waals surface area contributed by atoms with Crippen molar-refractivity contribution in [2.24, 2.45) is 0 Å². The summed E-state index contributed by atoms with van der Waals surface area (Å²) in [6.07, 6.45) is 0.203. The normalized spacial score (nSPS) is 11.2. The topological polar surface area (TPSA) is 104 Å². The Morgan fingerprint density at radius 1 is 1.09 bits per heavy atom. The molecular formula is C22H19F2N5O2S. The van der Waals surface area contributed by atoms with Crippen molar-refractivity contribution in [1.82, 2.24) is 19.9 Å². The highest BCUT2D eigenvalue weighted by atomic mass is 32.2. The first-order valence-corrected chi connectivity index (χ1v) is 10.7. The molecule has 0 bridgehead atoms. The molecule has 0 aliphatic carbocycles. The van der Waals surface area contributed by atoms with Gasteiger partial charge in [0.25, 0.3) is 11.3 Å². The van der Waals surface area contributed by atoms with Gasteiger partial charge >= 0.3 is 0 Å². The van der Waals surface area contributed by atoms with E-state index in [-0.39, 0.29) is 35.7 Å². The Balaban J connectivity index is 1.38. The van der Waals surface area contributed by atoms with Crippen molar-refractivity contribution in [3.63, 3.8) is 0 Å². The van der Waals surface area contributed by atoms with Gasteiger partial charge in [-0.2, -0.15) is 8.78 Å². The first-order chi connectivity index (χ1) is 15.4. The SMILES string of the molecule is Cc1nc(SC(F)F)[nH]c(=O)c1CCC(=O)Nc1ccc(-c2nc3ccccc3[nH]2)cc1. The number of hydrogen-bond acceptors (Lipinski definition) is 5. The first-order valence-electron chi connectivity index (χ1n) is 9.78. The van der Waals surface area contributed by atoms with Crippen LogP contribution >= 0.6 is 11.8 Å². The molecule has 164 valence electrons. The van der Waals surface area contributed by atoms with E-state index in [1.54, 1.807) is 19.1 Å². The third kappa shape index (κ3) is 5.02. The lowest BCUT2D eigenvalue weighted by molar-refractivity contribution is -0.116. The molecular weight excluding hydrogens is 436 g/mol. The van der Waals surface area contributed by atoms with Crippen LogP contribution in [0.3, 0.4) is 0 Å². The average Bonchev–Trinajstić information content (AvgIpc) is 3.17. The van der Waals surface area contributed by atoms with Gasteiger partial charge in [0.05, 0.1) is 11.0 Å². The van der Waals surface area contributed by atoms with Gasteiger partial charge in [-0.05, 0) is 61.5 Å². The van der Waals surface area contributed by atoms with E-state index in [9.17, 15) is 18.4 Å². The summed E-state index contributed by atoms with van der Waals surface area (Å²) < 4.78 is 24.9. The number of thioether (sulfide) groups is 1. The Kier molecular flexibility index (Phi) is 6.31. The summed E-state index contributed by atoms with van der Waals surface area (Å²) in [4.78, 5) is 38.6. The zero-order valence-electron chi connectivity index (χ0n) is 17.0. The molecule has 0 radical (unpaired) electrons. The third-order valence-corrected chi connectivity index (χ3v) is 5.43. The molecule has 0 aliphatic heterocycles. The van der Waals surface area contributed by atoms with Gasteiger partial charge in [-0.15, -0.1) is 0 Å². The average molecular weight is 455 g/mol. The Morgan fingerprint density at radius 2 is 1.84 bits per heavy atom. The van der Waals surface area contributed by atoms with Crippen molar-refractivity contribution in [3.05, 3.63) is 70.1 Å². The monoisotopic (exact) mass is 455 g/mol. The Labute approximate surface area is 185 Å². The number of aromatic amines is 2. The number of para-hydroxylation sites is 2. The second kappa shape index (κ2) is 9.31. The molecule has 32 heavy (non-hydrogen) atoms. The van der Waals surface area contributed by atoms with E-state index in [0.717, 1.165) is 22.4 Å². The van der Waals surface area contributed by atoms with Crippen LogP contribution in [0.15, 0.2) is 58.5 Å². The van der Waals surface area contributed by atoms with Gasteiger partial charge in [0.15, 0.2) is 5.16 Å². The fourth-order valence-corrected chi connectivity index (χ4v) is 3.79. The number of H-pyrrole nitrogens is 2. The van der Waals surface area contributed by atoms with Crippen LogP contribution in [-0.4, -0.2) is 31.6 Å². The molecule has 2 aromatic carbocycles. The van der Waals surface area contributed by atoms with Gasteiger partial charge in [0.1, 0.15) is 5.82 Å². The zero-order valence-corrected chi connectivity index (χ0v) is 17.8. The number of aromatic nitrogens is 4. The summed E-state index contributed by atoms with van der Waals surface area (Å²) in [6, 6.07) is 15.0. The molecule has 0 fully saturated rings. The number of hydrogen-bond donors (Lipinski definition) is 3. The summed E-state index contributed by atoms with van der Waals surface area (Å²) in [5.41, 5.74) is 3.44. The molecule has 0 aliphatic rings. The van der Waals surface area contributed by atoms with E-state index in [4.69, 9.17) is 0 Å². The molecule has 1 amide bonds. The number of benzene rings is 2. The van der Waals surface area contributed by atoms with Crippen LogP contribution in [0.25, 0.3) is 22.4 Å². The minimum Gasteiger partial charge on any atom is -0.338 e. The number of halogens is 2. The highest BCUT2D eigenvalue weighted by Crippen LogP contribution is 2.23. The number of nitrogens with one attached hydrogen (secondary N) is 3. The Hall–Kier alpha value is -3.53. The molecule has 4 rings (SSSR count). The molecule has 0 spiro atoms. The van der Waals surface area contributed by atoms with Crippen LogP contribution in [-0.2, 0) is 11.2 Å². The summed E-state index contributed by atoms with van der Waals surface area (Å²) in [6.45, 7) is 1.56. The Bertz CT molecular complexity index is 1290. The molecule has 0 saturated carbocycles.